The van der Waals surface area contributed by atoms with Gasteiger partial charge in [0.2, 0.25) is 0 Å². The molecule has 0 aromatic heterocycles. The number of hydrogen-bond donors (Lipinski definition) is 3. The summed E-state index contributed by atoms with van der Waals surface area (Å²) in [5, 5.41) is 24.1. The van der Waals surface area contributed by atoms with Crippen molar-refractivity contribution in [3.63, 3.8) is 0 Å². The third-order valence-corrected chi connectivity index (χ3v) is 12.2. The third kappa shape index (κ3) is 7.88. The number of aliphatic hydroxyl groups excluding tert-OH is 1. The number of fused-ring (bicyclic) bond motifs is 2. The molecule has 2 aromatic rings. The standard InChI is InChI=1S/C33H36ClF2NO13S/c1-15(38)48-27-26(40)32(50-29(31(42)46-3)28(27)49-16(2)39)47-14-33(43)18-5-6-19(33)12-21(11-18)51(44,45)25-10-17(4-8-22(25)34)30(41)37-20-7-9-23(35)24(36)13-20/h4,7-10,13,18-19,21,26-29,32,40,43H,5-6,11-12,14H2,1-3H3,(H,37,41)/t18?,19?,21?,26-,27-,28+,29+,32-,33?/m1/s1. The molecule has 2 saturated carbocycles. The van der Waals surface area contributed by atoms with E-state index in [1.165, 1.54) is 12.1 Å². The fraction of sp³-hybridized carbons (Fsp3) is 0.515. The van der Waals surface area contributed by atoms with Gasteiger partial charge in [0.1, 0.15) is 6.10 Å². The molecule has 1 saturated heterocycles. The van der Waals surface area contributed by atoms with Crippen molar-refractivity contribution in [2.45, 2.75) is 86.0 Å². The van der Waals surface area contributed by atoms with E-state index in [0.29, 0.717) is 12.8 Å². The average molecular weight is 760 g/mol. The molecule has 2 aromatic carbocycles. The van der Waals surface area contributed by atoms with E-state index in [9.17, 15) is 46.6 Å². The van der Waals surface area contributed by atoms with Gasteiger partial charge in [0, 0.05) is 31.2 Å². The van der Waals surface area contributed by atoms with Gasteiger partial charge in [0.05, 0.1) is 34.5 Å². The molecule has 3 N–H and O–H groups in total. The Morgan fingerprint density at radius 3 is 2.20 bits per heavy atom. The lowest BCUT2D eigenvalue weighted by molar-refractivity contribution is -0.309. The molecule has 1 aliphatic heterocycles. The highest BCUT2D eigenvalue weighted by atomic mass is 35.5. The monoisotopic (exact) mass is 759 g/mol. The van der Waals surface area contributed by atoms with Crippen LogP contribution in [0.4, 0.5) is 14.5 Å². The Hall–Kier alpha value is -3.74. The van der Waals surface area contributed by atoms with Crippen molar-refractivity contribution in [1.29, 1.82) is 0 Å². The molecule has 2 bridgehead atoms. The number of sulfone groups is 1. The number of anilines is 1. The molecule has 2 aliphatic carbocycles. The van der Waals surface area contributed by atoms with Crippen LogP contribution >= 0.6 is 11.6 Å². The van der Waals surface area contributed by atoms with E-state index < -0.39 is 105 Å². The number of rotatable bonds is 10. The maximum Gasteiger partial charge on any atom is 0.339 e. The highest BCUT2D eigenvalue weighted by molar-refractivity contribution is 7.92. The van der Waals surface area contributed by atoms with Crippen LogP contribution in [0.15, 0.2) is 41.3 Å². The Kier molecular flexibility index (Phi) is 11.4. The van der Waals surface area contributed by atoms with Crippen molar-refractivity contribution in [1.82, 2.24) is 0 Å². The molecule has 14 nitrogen and oxygen atoms in total. The second-order valence-electron chi connectivity index (χ2n) is 12.7. The summed E-state index contributed by atoms with van der Waals surface area (Å²) in [5.74, 6) is -7.08. The predicted octanol–water partition coefficient (Wildman–Crippen LogP) is 2.70. The van der Waals surface area contributed by atoms with Gasteiger partial charge in [-0.1, -0.05) is 11.6 Å². The zero-order valence-corrected chi connectivity index (χ0v) is 29.1. The molecule has 3 aliphatic rings. The Balaban J connectivity index is 1.31. The molecular formula is C33H36ClF2NO13S. The van der Waals surface area contributed by atoms with Crippen LogP contribution in [0.1, 0.15) is 49.9 Å². The highest BCUT2D eigenvalue weighted by Gasteiger charge is 2.58. The minimum atomic E-state index is -4.19. The van der Waals surface area contributed by atoms with Crippen molar-refractivity contribution >= 4 is 50.9 Å². The van der Waals surface area contributed by atoms with Crippen LogP contribution in [0.5, 0.6) is 0 Å². The largest absolute Gasteiger partial charge is 0.467 e. The van der Waals surface area contributed by atoms with E-state index >= 15 is 0 Å². The number of methoxy groups -OCH3 is 1. The van der Waals surface area contributed by atoms with E-state index in [1.807, 2.05) is 0 Å². The van der Waals surface area contributed by atoms with Gasteiger partial charge in [-0.25, -0.2) is 22.0 Å². The van der Waals surface area contributed by atoms with Gasteiger partial charge in [0.15, 0.2) is 46.1 Å². The second-order valence-corrected chi connectivity index (χ2v) is 15.3. The van der Waals surface area contributed by atoms with Crippen molar-refractivity contribution < 1.29 is 70.3 Å². The Bertz CT molecular complexity index is 1800. The maximum atomic E-state index is 14.0. The van der Waals surface area contributed by atoms with Crippen LogP contribution in [0, 0.1) is 23.5 Å². The Morgan fingerprint density at radius 1 is 0.980 bits per heavy atom. The summed E-state index contributed by atoms with van der Waals surface area (Å²) in [6.07, 6.45) is -7.54. The topological polar surface area (TPSA) is 201 Å². The Labute approximate surface area is 296 Å². The lowest BCUT2D eigenvalue weighted by atomic mass is 9.75. The fourth-order valence-electron chi connectivity index (χ4n) is 7.05. The van der Waals surface area contributed by atoms with Crippen LogP contribution in [0.25, 0.3) is 0 Å². The first-order valence-electron chi connectivity index (χ1n) is 15.9. The summed E-state index contributed by atoms with van der Waals surface area (Å²) >= 11 is 6.32. The second kappa shape index (κ2) is 15.1. The number of esters is 3. The highest BCUT2D eigenvalue weighted by Crippen LogP contribution is 2.52. The number of amides is 1. The molecule has 18 heteroatoms. The van der Waals surface area contributed by atoms with Crippen molar-refractivity contribution in [3.05, 3.63) is 58.6 Å². The van der Waals surface area contributed by atoms with Crippen LogP contribution < -0.4 is 5.32 Å². The number of hydrogen-bond acceptors (Lipinski definition) is 13. The van der Waals surface area contributed by atoms with Gasteiger partial charge in [-0.15, -0.1) is 0 Å². The average Bonchev–Trinajstić information content (AvgIpc) is 3.21. The molecule has 3 fully saturated rings. The minimum Gasteiger partial charge on any atom is -0.467 e. The lowest BCUT2D eigenvalue weighted by Gasteiger charge is -2.45. The van der Waals surface area contributed by atoms with Crippen LogP contribution in [-0.2, 0) is 47.9 Å². The van der Waals surface area contributed by atoms with E-state index in [1.54, 1.807) is 0 Å². The molecule has 278 valence electrons. The van der Waals surface area contributed by atoms with Gasteiger partial charge in [-0.3, -0.25) is 14.4 Å². The fourth-order valence-corrected chi connectivity index (χ4v) is 9.45. The van der Waals surface area contributed by atoms with Crippen molar-refractivity contribution in [2.24, 2.45) is 11.8 Å². The number of benzene rings is 2. The first kappa shape index (κ1) is 38.5. The van der Waals surface area contributed by atoms with Crippen molar-refractivity contribution in [2.75, 3.05) is 19.0 Å². The zero-order chi connectivity index (χ0) is 37.4. The van der Waals surface area contributed by atoms with E-state index in [4.69, 9.17) is 35.3 Å². The number of aliphatic hydroxyl groups is 2. The van der Waals surface area contributed by atoms with Crippen molar-refractivity contribution in [3.8, 4) is 0 Å². The van der Waals surface area contributed by atoms with E-state index in [-0.39, 0.29) is 34.0 Å². The first-order valence-corrected chi connectivity index (χ1v) is 17.8. The SMILES string of the molecule is COC(=O)[C@H]1O[C@@H](OCC2(O)C3CCC2CC(S(=O)(=O)c2cc(C(=O)Nc4ccc(F)c(F)c4)ccc2Cl)C3)[C@H](O)[C@@H](OC(C)=O)[C@@H]1OC(C)=O. The van der Waals surface area contributed by atoms with E-state index in [0.717, 1.165) is 45.2 Å². The van der Waals surface area contributed by atoms with Crippen LogP contribution in [-0.4, -0.2) is 97.7 Å². The van der Waals surface area contributed by atoms with Gasteiger partial charge in [0.25, 0.3) is 5.91 Å². The summed E-state index contributed by atoms with van der Waals surface area (Å²) < 4.78 is 81.4. The predicted molar refractivity (Wildman–Crippen MR) is 171 cm³/mol. The number of carbonyl (C=O) groups is 4. The number of carbonyl (C=O) groups excluding carboxylic acids is 4. The third-order valence-electron chi connectivity index (χ3n) is 9.52. The van der Waals surface area contributed by atoms with Gasteiger partial charge in [-0.05, 0) is 67.9 Å². The summed E-state index contributed by atoms with van der Waals surface area (Å²) in [7, 11) is -3.15. The molecule has 7 atom stereocenters. The smallest absolute Gasteiger partial charge is 0.339 e. The molecule has 0 spiro atoms. The van der Waals surface area contributed by atoms with Crippen LogP contribution in [0.3, 0.4) is 0 Å². The number of ether oxygens (including phenoxy) is 5. The summed E-state index contributed by atoms with van der Waals surface area (Å²) in [5.41, 5.74) is -1.76. The van der Waals surface area contributed by atoms with E-state index in [2.05, 4.69) is 5.32 Å². The molecule has 0 radical (unpaired) electrons. The first-order chi connectivity index (χ1) is 24.0. The Morgan fingerprint density at radius 2 is 1.61 bits per heavy atom. The number of nitrogens with one attached hydrogen (secondary N) is 1. The molecule has 5 rings (SSSR count). The molecule has 2 unspecified atom stereocenters. The molecule has 1 amide bonds. The summed E-state index contributed by atoms with van der Waals surface area (Å²) in [4.78, 5) is 48.8. The molecule has 51 heavy (non-hydrogen) atoms. The summed E-state index contributed by atoms with van der Waals surface area (Å²) in [6.45, 7) is 1.60. The summed E-state index contributed by atoms with van der Waals surface area (Å²) in [6, 6.07) is 6.37. The molecular weight excluding hydrogens is 724 g/mol. The quantitative estimate of drug-likeness (QED) is 0.236. The lowest BCUT2D eigenvalue weighted by Crippen LogP contribution is -2.63. The minimum absolute atomic E-state index is 0.0240. The van der Waals surface area contributed by atoms with Gasteiger partial charge in [-0.2, -0.15) is 0 Å². The molecule has 1 heterocycles. The number of halogens is 3. The van der Waals surface area contributed by atoms with Gasteiger partial charge >= 0.3 is 17.9 Å². The zero-order valence-electron chi connectivity index (χ0n) is 27.5. The van der Waals surface area contributed by atoms with Crippen LogP contribution in [0.2, 0.25) is 5.02 Å². The normalized spacial score (nSPS) is 30.3. The van der Waals surface area contributed by atoms with Gasteiger partial charge < -0.3 is 39.2 Å². The maximum absolute atomic E-state index is 14.0.